The zero-order chi connectivity index (χ0) is 15.7. The maximum Gasteiger partial charge on any atom is 0.195 e. The van der Waals surface area contributed by atoms with Gasteiger partial charge in [-0.05, 0) is 24.3 Å². The molecule has 5 nitrogen and oxygen atoms in total. The highest BCUT2D eigenvalue weighted by molar-refractivity contribution is 5.89. The smallest absolute Gasteiger partial charge is 0.195 e. The number of imidazole rings is 2. The molecule has 24 heavy (non-hydrogen) atoms. The average Bonchev–Trinajstić information content (AvgIpc) is 3.31. The molecule has 0 saturated heterocycles. The minimum atomic E-state index is -0.0233. The topological polar surface area (TPSA) is 38.9 Å². The van der Waals surface area contributed by atoms with E-state index in [1.54, 1.807) is 0 Å². The minimum absolute atomic E-state index is 0.0233. The molecule has 2 aliphatic heterocycles. The van der Waals surface area contributed by atoms with Crippen molar-refractivity contribution in [3.8, 4) is 22.8 Å². The summed E-state index contributed by atoms with van der Waals surface area (Å²) in [5, 5.41) is 0. The van der Waals surface area contributed by atoms with Crippen molar-refractivity contribution in [3.63, 3.8) is 0 Å². The summed E-state index contributed by atoms with van der Waals surface area (Å²) in [6.07, 6.45) is 7.80. The Kier molecular flexibility index (Phi) is 2.09. The maximum absolute atomic E-state index is 4.60. The SMILES string of the molecule is c1ccc2c(c1)-c1nccn1C1N2c2ccccc2-c2nccn21. The fourth-order valence-corrected chi connectivity index (χ4v) is 3.92. The monoisotopic (exact) mass is 311 g/mol. The van der Waals surface area contributed by atoms with Gasteiger partial charge in [0.1, 0.15) is 11.6 Å². The Hall–Kier alpha value is -3.34. The van der Waals surface area contributed by atoms with Gasteiger partial charge in [-0.2, -0.15) is 0 Å². The number of hydrogen-bond acceptors (Lipinski definition) is 3. The van der Waals surface area contributed by atoms with Gasteiger partial charge in [0, 0.05) is 35.9 Å². The Balaban J connectivity index is 1.77. The molecule has 2 aliphatic rings. The van der Waals surface area contributed by atoms with Crippen molar-refractivity contribution in [2.24, 2.45) is 0 Å². The third kappa shape index (κ3) is 1.31. The molecule has 2 aromatic heterocycles. The second-order valence-corrected chi connectivity index (χ2v) is 6.07. The first-order valence-electron chi connectivity index (χ1n) is 7.97. The molecule has 114 valence electrons. The number of para-hydroxylation sites is 2. The summed E-state index contributed by atoms with van der Waals surface area (Å²) < 4.78 is 4.42. The zero-order valence-corrected chi connectivity index (χ0v) is 12.7. The summed E-state index contributed by atoms with van der Waals surface area (Å²) >= 11 is 0. The highest BCUT2D eigenvalue weighted by atomic mass is 15.5. The molecule has 4 aromatic rings. The second-order valence-electron chi connectivity index (χ2n) is 6.07. The molecule has 0 atom stereocenters. The molecule has 5 heteroatoms. The number of anilines is 2. The van der Waals surface area contributed by atoms with Gasteiger partial charge in [-0.1, -0.05) is 24.3 Å². The van der Waals surface area contributed by atoms with Crippen molar-refractivity contribution in [2.45, 2.75) is 6.29 Å². The van der Waals surface area contributed by atoms with Crippen LogP contribution in [0.2, 0.25) is 0 Å². The van der Waals surface area contributed by atoms with E-state index in [1.165, 1.54) is 11.4 Å². The van der Waals surface area contributed by atoms with E-state index in [-0.39, 0.29) is 6.29 Å². The van der Waals surface area contributed by atoms with Gasteiger partial charge in [0.2, 0.25) is 0 Å². The van der Waals surface area contributed by atoms with Crippen molar-refractivity contribution in [1.82, 2.24) is 19.1 Å². The van der Waals surface area contributed by atoms with Gasteiger partial charge in [0.25, 0.3) is 0 Å². The lowest BCUT2D eigenvalue weighted by molar-refractivity contribution is 0.431. The summed E-state index contributed by atoms with van der Waals surface area (Å²) in [4.78, 5) is 11.6. The first kappa shape index (κ1) is 12.1. The zero-order valence-electron chi connectivity index (χ0n) is 12.7. The first-order valence-corrected chi connectivity index (χ1v) is 7.97. The fourth-order valence-electron chi connectivity index (χ4n) is 3.92. The number of rotatable bonds is 0. The lowest BCUT2D eigenvalue weighted by atomic mass is 10.0. The minimum Gasteiger partial charge on any atom is -0.301 e. The van der Waals surface area contributed by atoms with Crippen LogP contribution in [0.3, 0.4) is 0 Å². The summed E-state index contributed by atoms with van der Waals surface area (Å²) in [6, 6.07) is 16.9. The molecular weight excluding hydrogens is 298 g/mol. The van der Waals surface area contributed by atoms with E-state index in [2.05, 4.69) is 72.5 Å². The molecule has 0 bridgehead atoms. The van der Waals surface area contributed by atoms with E-state index >= 15 is 0 Å². The van der Waals surface area contributed by atoms with Crippen molar-refractivity contribution in [1.29, 1.82) is 0 Å². The van der Waals surface area contributed by atoms with Crippen molar-refractivity contribution in [3.05, 3.63) is 73.3 Å². The van der Waals surface area contributed by atoms with Crippen LogP contribution in [0.15, 0.2) is 73.3 Å². The number of fused-ring (bicyclic) bond motifs is 11. The molecule has 0 spiro atoms. The third-order valence-corrected chi connectivity index (χ3v) is 4.87. The number of benzene rings is 2. The molecule has 0 unspecified atom stereocenters. The second kappa shape index (κ2) is 4.14. The van der Waals surface area contributed by atoms with E-state index in [0.717, 1.165) is 22.8 Å². The molecule has 2 aromatic carbocycles. The van der Waals surface area contributed by atoms with E-state index in [1.807, 2.05) is 24.8 Å². The predicted molar refractivity (Wildman–Crippen MR) is 91.9 cm³/mol. The van der Waals surface area contributed by atoms with Crippen molar-refractivity contribution in [2.75, 3.05) is 4.90 Å². The summed E-state index contributed by atoms with van der Waals surface area (Å²) in [7, 11) is 0. The van der Waals surface area contributed by atoms with Crippen LogP contribution in [0.5, 0.6) is 0 Å². The standard InChI is InChI=1S/C19H13N5/c1-3-7-15-13(5-1)17-20-9-11-22(17)19-23-12-10-21-18(23)14-6-2-4-8-16(14)24(15)19/h1-12,19H. The van der Waals surface area contributed by atoms with Gasteiger partial charge in [0.15, 0.2) is 6.29 Å². The Labute approximate surface area is 138 Å². The average molecular weight is 311 g/mol. The lowest BCUT2D eigenvalue weighted by Gasteiger charge is -2.44. The summed E-state index contributed by atoms with van der Waals surface area (Å²) in [5.74, 6) is 1.98. The quantitative estimate of drug-likeness (QED) is 0.494. The molecule has 0 aliphatic carbocycles. The third-order valence-electron chi connectivity index (χ3n) is 4.87. The molecule has 0 radical (unpaired) electrons. The van der Waals surface area contributed by atoms with E-state index in [9.17, 15) is 0 Å². The van der Waals surface area contributed by atoms with Crippen LogP contribution in [0.25, 0.3) is 22.8 Å². The molecule has 0 N–H and O–H groups in total. The van der Waals surface area contributed by atoms with Gasteiger partial charge >= 0.3 is 0 Å². The number of aromatic nitrogens is 4. The Morgan fingerprint density at radius 3 is 1.71 bits per heavy atom. The summed E-state index contributed by atoms with van der Waals surface area (Å²) in [6.45, 7) is 0. The lowest BCUT2D eigenvalue weighted by Crippen LogP contribution is -2.40. The molecule has 4 heterocycles. The van der Waals surface area contributed by atoms with Gasteiger partial charge < -0.3 is 4.90 Å². The Bertz CT molecular complexity index is 1000. The van der Waals surface area contributed by atoms with Crippen LogP contribution in [0.4, 0.5) is 11.4 Å². The van der Waals surface area contributed by atoms with E-state index < -0.39 is 0 Å². The largest absolute Gasteiger partial charge is 0.301 e. The molecular formula is C19H13N5. The van der Waals surface area contributed by atoms with Gasteiger partial charge in [0.05, 0.1) is 11.4 Å². The van der Waals surface area contributed by atoms with Crippen LogP contribution in [0, 0.1) is 0 Å². The van der Waals surface area contributed by atoms with Crippen molar-refractivity contribution >= 4 is 11.4 Å². The fraction of sp³-hybridized carbons (Fsp3) is 0.0526. The van der Waals surface area contributed by atoms with E-state index in [0.29, 0.717) is 0 Å². The van der Waals surface area contributed by atoms with Gasteiger partial charge in [-0.15, -0.1) is 0 Å². The first-order chi connectivity index (χ1) is 11.9. The van der Waals surface area contributed by atoms with E-state index in [4.69, 9.17) is 0 Å². The molecule has 0 saturated carbocycles. The molecule has 0 amide bonds. The van der Waals surface area contributed by atoms with Gasteiger partial charge in [-0.25, -0.2) is 9.97 Å². The van der Waals surface area contributed by atoms with Crippen LogP contribution in [-0.2, 0) is 0 Å². The highest BCUT2D eigenvalue weighted by Gasteiger charge is 2.38. The van der Waals surface area contributed by atoms with Gasteiger partial charge in [-0.3, -0.25) is 9.13 Å². The maximum atomic E-state index is 4.60. The molecule has 6 rings (SSSR count). The molecule has 0 fully saturated rings. The van der Waals surface area contributed by atoms with Crippen molar-refractivity contribution < 1.29 is 0 Å². The van der Waals surface area contributed by atoms with Crippen LogP contribution in [-0.4, -0.2) is 19.1 Å². The highest BCUT2D eigenvalue weighted by Crippen LogP contribution is 2.50. The van der Waals surface area contributed by atoms with Crippen LogP contribution < -0.4 is 4.90 Å². The van der Waals surface area contributed by atoms with Crippen LogP contribution >= 0.6 is 0 Å². The Morgan fingerprint density at radius 2 is 1.17 bits per heavy atom. The predicted octanol–water partition coefficient (Wildman–Crippen LogP) is 3.88. The Morgan fingerprint density at radius 1 is 0.667 bits per heavy atom. The normalized spacial score (nSPS) is 14.4. The number of nitrogens with zero attached hydrogens (tertiary/aromatic N) is 5. The van der Waals surface area contributed by atoms with Crippen LogP contribution in [0.1, 0.15) is 6.29 Å². The number of hydrogen-bond donors (Lipinski definition) is 0. The summed E-state index contributed by atoms with van der Waals surface area (Å²) in [5.41, 5.74) is 4.65.